The molecule has 2 aromatic rings. The van der Waals surface area contributed by atoms with Gasteiger partial charge in [0.05, 0.1) is 0 Å². The van der Waals surface area contributed by atoms with Crippen molar-refractivity contribution in [2.45, 2.75) is 13.8 Å². The number of aryl methyl sites for hydroxylation is 2. The Morgan fingerprint density at radius 3 is 2.61 bits per heavy atom. The van der Waals surface area contributed by atoms with E-state index in [0.29, 0.717) is 5.82 Å². The zero-order valence-corrected chi connectivity index (χ0v) is 10.0. The third kappa shape index (κ3) is 2.79. The van der Waals surface area contributed by atoms with E-state index in [2.05, 4.69) is 15.1 Å². The van der Waals surface area contributed by atoms with Gasteiger partial charge in [-0.2, -0.15) is 0 Å². The predicted molar refractivity (Wildman–Crippen MR) is 65.7 cm³/mol. The minimum Gasteiger partial charge on any atom is -0.478 e. The zero-order valence-electron chi connectivity index (χ0n) is 10.0. The number of carboxylic acids is 1. The Bertz CT molecular complexity index is 596. The summed E-state index contributed by atoms with van der Waals surface area (Å²) < 4.78 is 1.36. The summed E-state index contributed by atoms with van der Waals surface area (Å²) in [6, 6.07) is 3.77. The molecule has 0 aliphatic rings. The fraction of sp³-hybridized carbons (Fsp3) is 0.167. The Kier molecular flexibility index (Phi) is 3.18. The first-order valence-electron chi connectivity index (χ1n) is 5.32. The Hall–Kier alpha value is -2.50. The number of hydrogen-bond donors (Lipinski definition) is 1. The molecule has 0 aliphatic carbocycles. The molecule has 0 saturated heterocycles. The third-order valence-electron chi connectivity index (χ3n) is 2.22. The van der Waals surface area contributed by atoms with Crippen molar-refractivity contribution in [2.24, 2.45) is 0 Å². The number of carboxylic acid groups (broad SMARTS) is 1. The molecule has 0 radical (unpaired) electrons. The van der Waals surface area contributed by atoms with E-state index in [1.807, 2.05) is 26.0 Å². The molecule has 0 aromatic carbocycles. The maximum absolute atomic E-state index is 10.4. The Morgan fingerprint density at radius 1 is 1.33 bits per heavy atom. The Balaban J connectivity index is 2.32. The molecular formula is C12H12N4O2. The van der Waals surface area contributed by atoms with Gasteiger partial charge in [-0.3, -0.25) is 4.98 Å². The summed E-state index contributed by atoms with van der Waals surface area (Å²) in [5, 5.41) is 12.7. The van der Waals surface area contributed by atoms with Crippen LogP contribution in [0.1, 0.15) is 11.4 Å². The summed E-state index contributed by atoms with van der Waals surface area (Å²) in [5.74, 6) is -0.485. The summed E-state index contributed by atoms with van der Waals surface area (Å²) in [4.78, 5) is 18.8. The van der Waals surface area contributed by atoms with Crippen molar-refractivity contribution < 1.29 is 9.90 Å². The predicted octanol–water partition coefficient (Wildman–Crippen LogP) is 1.51. The van der Waals surface area contributed by atoms with Crippen LogP contribution in [0.25, 0.3) is 17.6 Å². The monoisotopic (exact) mass is 244 g/mol. The number of aromatic nitrogens is 4. The van der Waals surface area contributed by atoms with E-state index in [1.54, 1.807) is 0 Å². The lowest BCUT2D eigenvalue weighted by Gasteiger charge is -1.99. The first-order chi connectivity index (χ1) is 8.54. The fourth-order valence-electron chi connectivity index (χ4n) is 1.58. The highest BCUT2D eigenvalue weighted by Gasteiger charge is 2.05. The van der Waals surface area contributed by atoms with Gasteiger partial charge in [0.1, 0.15) is 6.33 Å². The topological polar surface area (TPSA) is 80.9 Å². The second kappa shape index (κ2) is 4.79. The van der Waals surface area contributed by atoms with E-state index in [9.17, 15) is 4.79 Å². The summed E-state index contributed by atoms with van der Waals surface area (Å²) >= 11 is 0. The van der Waals surface area contributed by atoms with E-state index in [-0.39, 0.29) is 0 Å². The summed E-state index contributed by atoms with van der Waals surface area (Å²) in [7, 11) is 0. The average Bonchev–Trinajstić information content (AvgIpc) is 2.73. The van der Waals surface area contributed by atoms with E-state index < -0.39 is 5.97 Å². The molecule has 2 aromatic heterocycles. The highest BCUT2D eigenvalue weighted by atomic mass is 16.4. The van der Waals surface area contributed by atoms with Crippen LogP contribution in [-0.2, 0) is 4.79 Å². The molecule has 0 saturated carbocycles. The largest absolute Gasteiger partial charge is 0.478 e. The van der Waals surface area contributed by atoms with Gasteiger partial charge in [-0.1, -0.05) is 0 Å². The van der Waals surface area contributed by atoms with E-state index in [1.165, 1.54) is 17.2 Å². The first-order valence-corrected chi connectivity index (χ1v) is 5.32. The molecular weight excluding hydrogens is 232 g/mol. The van der Waals surface area contributed by atoms with Gasteiger partial charge in [-0.25, -0.2) is 14.5 Å². The minimum absolute atomic E-state index is 0.540. The second-order valence-electron chi connectivity index (χ2n) is 3.84. The van der Waals surface area contributed by atoms with Gasteiger partial charge in [0.15, 0.2) is 5.82 Å². The molecule has 0 amide bonds. The quantitative estimate of drug-likeness (QED) is 0.828. The van der Waals surface area contributed by atoms with Crippen molar-refractivity contribution in [3.05, 3.63) is 35.9 Å². The van der Waals surface area contributed by atoms with E-state index in [4.69, 9.17) is 5.11 Å². The van der Waals surface area contributed by atoms with Crippen LogP contribution < -0.4 is 0 Å². The van der Waals surface area contributed by atoms with Crippen LogP contribution in [0, 0.1) is 13.8 Å². The van der Waals surface area contributed by atoms with Crippen molar-refractivity contribution >= 4 is 12.2 Å². The number of pyridine rings is 1. The van der Waals surface area contributed by atoms with Gasteiger partial charge in [0.25, 0.3) is 0 Å². The van der Waals surface area contributed by atoms with E-state index >= 15 is 0 Å². The maximum atomic E-state index is 10.4. The van der Waals surface area contributed by atoms with Crippen LogP contribution in [-0.4, -0.2) is 30.8 Å². The van der Waals surface area contributed by atoms with Crippen LogP contribution in [0.15, 0.2) is 24.5 Å². The highest BCUT2D eigenvalue weighted by molar-refractivity contribution is 5.82. The highest BCUT2D eigenvalue weighted by Crippen LogP contribution is 2.16. The summed E-state index contributed by atoms with van der Waals surface area (Å²) in [6.45, 7) is 3.80. The van der Waals surface area contributed by atoms with Gasteiger partial charge >= 0.3 is 5.97 Å². The lowest BCUT2D eigenvalue weighted by Crippen LogP contribution is -1.93. The smallest absolute Gasteiger partial charge is 0.329 e. The van der Waals surface area contributed by atoms with Gasteiger partial charge in [0.2, 0.25) is 0 Å². The lowest BCUT2D eigenvalue weighted by atomic mass is 10.2. The van der Waals surface area contributed by atoms with Crippen LogP contribution >= 0.6 is 0 Å². The fourth-order valence-corrected chi connectivity index (χ4v) is 1.58. The minimum atomic E-state index is -1.03. The molecule has 92 valence electrons. The molecule has 0 fully saturated rings. The molecule has 0 spiro atoms. The molecule has 2 heterocycles. The van der Waals surface area contributed by atoms with Gasteiger partial charge < -0.3 is 5.11 Å². The SMILES string of the molecule is Cc1cc(-c2ncn(/C=C\C(=O)O)n2)cc(C)n1. The molecule has 6 heteroatoms. The van der Waals surface area contributed by atoms with Crippen molar-refractivity contribution in [1.82, 2.24) is 19.7 Å². The van der Waals surface area contributed by atoms with Crippen LogP contribution in [0.5, 0.6) is 0 Å². The normalized spacial score (nSPS) is 11.0. The Labute approximate surface area is 104 Å². The summed E-state index contributed by atoms with van der Waals surface area (Å²) in [5.41, 5.74) is 2.65. The maximum Gasteiger partial charge on any atom is 0.329 e. The van der Waals surface area contributed by atoms with Crippen LogP contribution in [0.2, 0.25) is 0 Å². The van der Waals surface area contributed by atoms with Crippen molar-refractivity contribution in [3.8, 4) is 11.4 Å². The molecule has 0 unspecified atom stereocenters. The van der Waals surface area contributed by atoms with Gasteiger partial charge in [0, 0.05) is 29.2 Å². The zero-order chi connectivity index (χ0) is 13.1. The number of aliphatic carboxylic acids is 1. The van der Waals surface area contributed by atoms with Crippen molar-refractivity contribution in [3.63, 3.8) is 0 Å². The van der Waals surface area contributed by atoms with Crippen LogP contribution in [0.3, 0.4) is 0 Å². The third-order valence-corrected chi connectivity index (χ3v) is 2.22. The second-order valence-corrected chi connectivity index (χ2v) is 3.84. The van der Waals surface area contributed by atoms with Gasteiger partial charge in [-0.15, -0.1) is 5.10 Å². The average molecular weight is 244 g/mol. The van der Waals surface area contributed by atoms with Crippen LogP contribution in [0.4, 0.5) is 0 Å². The van der Waals surface area contributed by atoms with Crippen molar-refractivity contribution in [1.29, 1.82) is 0 Å². The number of carbonyl (C=O) groups is 1. The van der Waals surface area contributed by atoms with Crippen molar-refractivity contribution in [2.75, 3.05) is 0 Å². The first kappa shape index (κ1) is 12.0. The van der Waals surface area contributed by atoms with E-state index in [0.717, 1.165) is 23.0 Å². The number of nitrogens with zero attached hydrogens (tertiary/aromatic N) is 4. The molecule has 18 heavy (non-hydrogen) atoms. The lowest BCUT2D eigenvalue weighted by molar-refractivity contribution is -0.131. The summed E-state index contributed by atoms with van der Waals surface area (Å²) in [6.07, 6.45) is 3.79. The van der Waals surface area contributed by atoms with Gasteiger partial charge in [-0.05, 0) is 26.0 Å². The molecule has 0 aliphatic heterocycles. The molecule has 0 atom stereocenters. The standard InChI is InChI=1S/C12H12N4O2/c1-8-5-10(6-9(2)14-8)12-13-7-16(15-12)4-3-11(17)18/h3-7H,1-2H3,(H,17,18)/b4-3-. The molecule has 2 rings (SSSR count). The molecule has 0 bridgehead atoms. The number of rotatable bonds is 3. The number of hydrogen-bond acceptors (Lipinski definition) is 4. The Morgan fingerprint density at radius 2 is 2.00 bits per heavy atom. The molecule has 1 N–H and O–H groups in total. The molecule has 6 nitrogen and oxygen atoms in total.